The fraction of sp³-hybridized carbons (Fsp3) is 0.235. The second-order valence-corrected chi connectivity index (χ2v) is 7.41. The van der Waals surface area contributed by atoms with Crippen molar-refractivity contribution in [2.24, 2.45) is 0 Å². The Bertz CT molecular complexity index is 599. The number of carbonyl (C=O) groups excluding carboxylic acids is 1. The molecule has 0 heterocycles. The van der Waals surface area contributed by atoms with Gasteiger partial charge >= 0.3 is 0 Å². The van der Waals surface area contributed by atoms with Gasteiger partial charge < -0.3 is 5.32 Å². The number of thioether (sulfide) groups is 2. The van der Waals surface area contributed by atoms with E-state index in [1.807, 2.05) is 36.4 Å². The van der Waals surface area contributed by atoms with Crippen molar-refractivity contribution in [2.45, 2.75) is 16.7 Å². The van der Waals surface area contributed by atoms with Crippen LogP contribution in [-0.4, -0.2) is 24.0 Å². The van der Waals surface area contributed by atoms with E-state index in [0.717, 1.165) is 20.6 Å². The quantitative estimate of drug-likeness (QED) is 0.581. The summed E-state index contributed by atoms with van der Waals surface area (Å²) in [6.45, 7) is 2.72. The summed E-state index contributed by atoms with van der Waals surface area (Å²) in [6, 6.07) is 15.9. The number of hydrogen-bond donors (Lipinski definition) is 1. The summed E-state index contributed by atoms with van der Waals surface area (Å²) < 4.78 is 0. The first-order valence-corrected chi connectivity index (χ1v) is 9.33. The van der Waals surface area contributed by atoms with Gasteiger partial charge in [0.15, 0.2) is 0 Å². The summed E-state index contributed by atoms with van der Waals surface area (Å²) in [7, 11) is 0. The van der Waals surface area contributed by atoms with E-state index in [1.54, 1.807) is 23.5 Å². The predicted molar refractivity (Wildman–Crippen MR) is 97.1 cm³/mol. The Morgan fingerprint density at radius 3 is 2.27 bits per heavy atom. The minimum Gasteiger partial charge on any atom is -0.355 e. The minimum absolute atomic E-state index is 0.0716. The van der Waals surface area contributed by atoms with Crippen LogP contribution in [0.2, 0.25) is 5.02 Å². The van der Waals surface area contributed by atoms with E-state index in [-0.39, 0.29) is 5.91 Å². The predicted octanol–water partition coefficient (Wildman–Crippen LogP) is 4.65. The highest BCUT2D eigenvalue weighted by atomic mass is 35.5. The van der Waals surface area contributed by atoms with Gasteiger partial charge in [-0.05, 0) is 43.3 Å². The van der Waals surface area contributed by atoms with E-state index in [4.69, 9.17) is 11.6 Å². The molecule has 0 atom stereocenters. The van der Waals surface area contributed by atoms with E-state index in [0.29, 0.717) is 12.3 Å². The molecule has 0 aliphatic rings. The SMILES string of the molecule is Cc1ccc(SCC(=O)NCCSc2ccc(Cl)cc2)cc1. The normalized spacial score (nSPS) is 10.5. The number of benzene rings is 2. The molecule has 1 N–H and O–H groups in total. The molecule has 2 nitrogen and oxygen atoms in total. The lowest BCUT2D eigenvalue weighted by molar-refractivity contribution is -0.118. The topological polar surface area (TPSA) is 29.1 Å². The molecule has 0 unspecified atom stereocenters. The first-order chi connectivity index (χ1) is 10.6. The van der Waals surface area contributed by atoms with Crippen LogP contribution in [0, 0.1) is 6.92 Å². The summed E-state index contributed by atoms with van der Waals surface area (Å²) in [5.74, 6) is 1.37. The van der Waals surface area contributed by atoms with Crippen LogP contribution in [-0.2, 0) is 4.79 Å². The zero-order valence-corrected chi connectivity index (χ0v) is 14.7. The van der Waals surface area contributed by atoms with E-state index in [1.165, 1.54) is 5.56 Å². The first-order valence-electron chi connectivity index (χ1n) is 6.98. The van der Waals surface area contributed by atoms with Gasteiger partial charge in [-0.15, -0.1) is 23.5 Å². The summed E-state index contributed by atoms with van der Waals surface area (Å²) in [5.41, 5.74) is 1.23. The average molecular weight is 352 g/mol. The molecule has 0 saturated heterocycles. The minimum atomic E-state index is 0.0716. The van der Waals surface area contributed by atoms with Gasteiger partial charge in [-0.25, -0.2) is 0 Å². The lowest BCUT2D eigenvalue weighted by Gasteiger charge is -2.06. The van der Waals surface area contributed by atoms with Crippen molar-refractivity contribution in [3.8, 4) is 0 Å². The summed E-state index contributed by atoms with van der Waals surface area (Å²) in [6.07, 6.45) is 0. The molecular weight excluding hydrogens is 334 g/mol. The Hall–Kier alpha value is -1.10. The number of carbonyl (C=O) groups is 1. The number of hydrogen-bond acceptors (Lipinski definition) is 3. The molecule has 0 saturated carbocycles. The number of nitrogens with one attached hydrogen (secondary N) is 1. The molecule has 0 radical (unpaired) electrons. The fourth-order valence-electron chi connectivity index (χ4n) is 1.72. The van der Waals surface area contributed by atoms with Gasteiger partial charge in [-0.1, -0.05) is 29.3 Å². The molecule has 0 aromatic heterocycles. The summed E-state index contributed by atoms with van der Waals surface area (Å²) in [5, 5.41) is 3.68. The smallest absolute Gasteiger partial charge is 0.230 e. The molecule has 0 aliphatic carbocycles. The molecule has 0 aliphatic heterocycles. The van der Waals surface area contributed by atoms with Gasteiger partial charge in [0.1, 0.15) is 0 Å². The van der Waals surface area contributed by atoms with Crippen molar-refractivity contribution in [1.29, 1.82) is 0 Å². The molecule has 0 spiro atoms. The molecule has 2 aromatic rings. The van der Waals surface area contributed by atoms with Crippen LogP contribution in [0.5, 0.6) is 0 Å². The number of rotatable bonds is 7. The molecule has 5 heteroatoms. The molecule has 116 valence electrons. The highest BCUT2D eigenvalue weighted by Crippen LogP contribution is 2.20. The average Bonchev–Trinajstić information content (AvgIpc) is 2.53. The van der Waals surface area contributed by atoms with Crippen LogP contribution < -0.4 is 5.32 Å². The number of amides is 1. The molecule has 22 heavy (non-hydrogen) atoms. The third-order valence-electron chi connectivity index (χ3n) is 2.90. The van der Waals surface area contributed by atoms with Gasteiger partial charge in [0.25, 0.3) is 0 Å². The molecule has 2 rings (SSSR count). The van der Waals surface area contributed by atoms with Gasteiger partial charge in [0.05, 0.1) is 5.75 Å². The summed E-state index contributed by atoms with van der Waals surface area (Å²) >= 11 is 9.11. The van der Waals surface area contributed by atoms with Crippen LogP contribution in [0.15, 0.2) is 58.3 Å². The Balaban J connectivity index is 1.61. The Labute approximate surface area is 145 Å². The molecule has 2 aromatic carbocycles. The van der Waals surface area contributed by atoms with E-state index in [2.05, 4.69) is 24.4 Å². The van der Waals surface area contributed by atoms with Gasteiger partial charge in [0, 0.05) is 27.1 Å². The van der Waals surface area contributed by atoms with Crippen molar-refractivity contribution >= 4 is 41.0 Å². The Kier molecular flexibility index (Phi) is 7.16. The second-order valence-electron chi connectivity index (χ2n) is 4.75. The lowest BCUT2D eigenvalue weighted by atomic mass is 10.2. The standard InChI is InChI=1S/C17H18ClNOS2/c1-13-2-6-16(7-3-13)22-12-17(20)19-10-11-21-15-8-4-14(18)5-9-15/h2-9H,10-12H2,1H3,(H,19,20). The molecule has 0 fully saturated rings. The maximum absolute atomic E-state index is 11.8. The van der Waals surface area contributed by atoms with Crippen LogP contribution in [0.1, 0.15) is 5.56 Å². The molecule has 0 bridgehead atoms. The second kappa shape index (κ2) is 9.13. The monoisotopic (exact) mass is 351 g/mol. The number of aryl methyl sites for hydroxylation is 1. The summed E-state index contributed by atoms with van der Waals surface area (Å²) in [4.78, 5) is 14.1. The van der Waals surface area contributed by atoms with Crippen LogP contribution in [0.3, 0.4) is 0 Å². The molecule has 1 amide bonds. The zero-order chi connectivity index (χ0) is 15.8. The van der Waals surface area contributed by atoms with E-state index >= 15 is 0 Å². The Morgan fingerprint density at radius 2 is 1.59 bits per heavy atom. The lowest BCUT2D eigenvalue weighted by Crippen LogP contribution is -2.27. The van der Waals surface area contributed by atoms with E-state index in [9.17, 15) is 4.79 Å². The van der Waals surface area contributed by atoms with Crippen LogP contribution in [0.25, 0.3) is 0 Å². The highest BCUT2D eigenvalue weighted by molar-refractivity contribution is 8.00. The maximum atomic E-state index is 11.8. The first kappa shape index (κ1) is 17.3. The van der Waals surface area contributed by atoms with Gasteiger partial charge in [-0.2, -0.15) is 0 Å². The van der Waals surface area contributed by atoms with Crippen molar-refractivity contribution in [2.75, 3.05) is 18.1 Å². The zero-order valence-electron chi connectivity index (χ0n) is 12.3. The van der Waals surface area contributed by atoms with Crippen molar-refractivity contribution in [3.05, 3.63) is 59.1 Å². The van der Waals surface area contributed by atoms with Crippen LogP contribution in [0.4, 0.5) is 0 Å². The van der Waals surface area contributed by atoms with E-state index < -0.39 is 0 Å². The maximum Gasteiger partial charge on any atom is 0.230 e. The van der Waals surface area contributed by atoms with Gasteiger partial charge in [0.2, 0.25) is 5.91 Å². The largest absolute Gasteiger partial charge is 0.355 e. The fourth-order valence-corrected chi connectivity index (χ4v) is 3.35. The van der Waals surface area contributed by atoms with Gasteiger partial charge in [-0.3, -0.25) is 4.79 Å². The van der Waals surface area contributed by atoms with Crippen molar-refractivity contribution in [1.82, 2.24) is 5.32 Å². The van der Waals surface area contributed by atoms with Crippen molar-refractivity contribution in [3.63, 3.8) is 0 Å². The Morgan fingerprint density at radius 1 is 1.00 bits per heavy atom. The number of halogens is 1. The highest BCUT2D eigenvalue weighted by Gasteiger charge is 2.02. The van der Waals surface area contributed by atoms with Crippen LogP contribution >= 0.6 is 35.1 Å². The third-order valence-corrected chi connectivity index (χ3v) is 5.18. The van der Waals surface area contributed by atoms with Crippen molar-refractivity contribution < 1.29 is 4.79 Å². The molecular formula is C17H18ClNOS2. The third kappa shape index (κ3) is 6.34.